The lowest BCUT2D eigenvalue weighted by atomic mass is 9.81. The molecule has 1 saturated heterocycles. The third-order valence-corrected chi connectivity index (χ3v) is 5.19. The average Bonchev–Trinajstić information content (AvgIpc) is 3.11. The average molecular weight is 318 g/mol. The van der Waals surface area contributed by atoms with Crippen molar-refractivity contribution in [2.24, 2.45) is 11.3 Å². The quantitative estimate of drug-likeness (QED) is 0.891. The molecule has 0 unspecified atom stereocenters. The molecule has 23 heavy (non-hydrogen) atoms. The summed E-state index contributed by atoms with van der Waals surface area (Å²) in [5, 5.41) is 12.4. The highest BCUT2D eigenvalue weighted by molar-refractivity contribution is 5.80. The third kappa shape index (κ3) is 2.85. The summed E-state index contributed by atoms with van der Waals surface area (Å²) in [5.74, 6) is 0.105. The Bertz CT molecular complexity index is 601. The lowest BCUT2D eigenvalue weighted by molar-refractivity contribution is -0.149. The molecule has 6 heteroatoms. The Labute approximate surface area is 135 Å². The van der Waals surface area contributed by atoms with Crippen LogP contribution >= 0.6 is 0 Å². The van der Waals surface area contributed by atoms with Crippen molar-refractivity contribution in [3.8, 4) is 5.75 Å². The topological polar surface area (TPSA) is 78.9 Å². The fourth-order valence-electron chi connectivity index (χ4n) is 3.83. The molecule has 124 valence electrons. The first-order valence-electron chi connectivity index (χ1n) is 7.94. The molecule has 1 aromatic rings. The Morgan fingerprint density at radius 1 is 1.39 bits per heavy atom. The van der Waals surface area contributed by atoms with E-state index in [0.29, 0.717) is 26.1 Å². The molecule has 2 aliphatic rings. The number of ether oxygens (including phenoxy) is 1. The molecule has 6 nitrogen and oxygen atoms in total. The molecule has 2 amide bonds. The van der Waals surface area contributed by atoms with E-state index in [2.05, 4.69) is 5.32 Å². The second-order valence-corrected chi connectivity index (χ2v) is 6.44. The minimum absolute atomic E-state index is 0.0896. The number of methoxy groups -OCH3 is 1. The van der Waals surface area contributed by atoms with Gasteiger partial charge in [-0.25, -0.2) is 4.79 Å². The molecule has 0 spiro atoms. The monoisotopic (exact) mass is 318 g/mol. The molecule has 1 heterocycles. The van der Waals surface area contributed by atoms with Crippen LogP contribution in [0.4, 0.5) is 4.79 Å². The van der Waals surface area contributed by atoms with E-state index >= 15 is 0 Å². The number of likely N-dealkylation sites (tertiary alicyclic amines) is 1. The van der Waals surface area contributed by atoms with Crippen molar-refractivity contribution in [1.29, 1.82) is 0 Å². The second-order valence-electron chi connectivity index (χ2n) is 6.44. The summed E-state index contributed by atoms with van der Waals surface area (Å²) in [4.78, 5) is 25.6. The predicted octanol–water partition coefficient (Wildman–Crippen LogP) is 2.09. The molecule has 3 rings (SSSR count). The zero-order valence-corrected chi connectivity index (χ0v) is 13.2. The lowest BCUT2D eigenvalue weighted by Crippen LogP contribution is -2.41. The Morgan fingerprint density at radius 3 is 2.74 bits per heavy atom. The van der Waals surface area contributed by atoms with Gasteiger partial charge in [-0.3, -0.25) is 4.79 Å². The van der Waals surface area contributed by atoms with E-state index in [-0.39, 0.29) is 11.9 Å². The van der Waals surface area contributed by atoms with Crippen LogP contribution in [0.25, 0.3) is 0 Å². The first-order valence-corrected chi connectivity index (χ1v) is 7.94. The number of amides is 2. The van der Waals surface area contributed by atoms with Crippen LogP contribution < -0.4 is 10.1 Å². The number of benzene rings is 1. The fraction of sp³-hybridized carbons (Fsp3) is 0.529. The van der Waals surface area contributed by atoms with E-state index in [1.165, 1.54) is 0 Å². The second kappa shape index (κ2) is 6.10. The molecule has 1 saturated carbocycles. The van der Waals surface area contributed by atoms with Crippen LogP contribution in [0, 0.1) is 11.3 Å². The van der Waals surface area contributed by atoms with Crippen LogP contribution in [-0.2, 0) is 11.3 Å². The molecule has 1 aliphatic carbocycles. The summed E-state index contributed by atoms with van der Waals surface area (Å²) in [5.41, 5.74) is 0.253. The molecule has 0 bridgehead atoms. The highest BCUT2D eigenvalue weighted by Gasteiger charge is 2.55. The van der Waals surface area contributed by atoms with Crippen molar-refractivity contribution in [1.82, 2.24) is 10.2 Å². The number of aliphatic carboxylic acids is 1. The SMILES string of the molecule is COc1ccc(CNC(=O)N2C[C@@H]3CCC[C@@]3(C(=O)O)C2)cc1. The maximum absolute atomic E-state index is 12.3. The number of rotatable bonds is 4. The summed E-state index contributed by atoms with van der Waals surface area (Å²) in [6.07, 6.45) is 2.52. The fourth-order valence-corrected chi connectivity index (χ4v) is 3.83. The Kier molecular flexibility index (Phi) is 4.15. The van der Waals surface area contributed by atoms with Gasteiger partial charge in [0.15, 0.2) is 0 Å². The molecule has 2 atom stereocenters. The van der Waals surface area contributed by atoms with Crippen molar-refractivity contribution in [3.05, 3.63) is 29.8 Å². The van der Waals surface area contributed by atoms with Gasteiger partial charge in [0.2, 0.25) is 0 Å². The summed E-state index contributed by atoms with van der Waals surface area (Å²) < 4.78 is 5.10. The lowest BCUT2D eigenvalue weighted by Gasteiger charge is -2.23. The van der Waals surface area contributed by atoms with Crippen LogP contribution in [0.15, 0.2) is 24.3 Å². The molecular formula is C17H22N2O4. The maximum Gasteiger partial charge on any atom is 0.317 e. The number of nitrogens with one attached hydrogen (secondary N) is 1. The summed E-state index contributed by atoms with van der Waals surface area (Å²) in [6, 6.07) is 7.31. The number of carbonyl (C=O) groups is 2. The van der Waals surface area contributed by atoms with Gasteiger partial charge < -0.3 is 20.1 Å². The Hall–Kier alpha value is -2.24. The minimum atomic E-state index is -0.759. The highest BCUT2D eigenvalue weighted by Crippen LogP contribution is 2.48. The normalized spacial score (nSPS) is 26.0. The third-order valence-electron chi connectivity index (χ3n) is 5.19. The largest absolute Gasteiger partial charge is 0.497 e. The van der Waals surface area contributed by atoms with Crippen LogP contribution in [0.5, 0.6) is 5.75 Å². The molecule has 0 radical (unpaired) electrons. The number of carboxylic acids is 1. The van der Waals surface area contributed by atoms with E-state index in [1.807, 2.05) is 24.3 Å². The number of carbonyl (C=O) groups excluding carboxylic acids is 1. The summed E-state index contributed by atoms with van der Waals surface area (Å²) in [7, 11) is 1.61. The summed E-state index contributed by atoms with van der Waals surface area (Å²) in [6.45, 7) is 1.28. The predicted molar refractivity (Wildman–Crippen MR) is 84.2 cm³/mol. The van der Waals surface area contributed by atoms with Crippen LogP contribution in [0.3, 0.4) is 0 Å². The molecule has 0 aromatic heterocycles. The van der Waals surface area contributed by atoms with Gasteiger partial charge in [0.05, 0.1) is 12.5 Å². The van der Waals surface area contributed by atoms with E-state index in [1.54, 1.807) is 12.0 Å². The zero-order valence-electron chi connectivity index (χ0n) is 13.2. The van der Waals surface area contributed by atoms with Gasteiger partial charge in [-0.05, 0) is 36.5 Å². The van der Waals surface area contributed by atoms with Gasteiger partial charge in [0.25, 0.3) is 0 Å². The standard InChI is InChI=1S/C17H22N2O4/c1-23-14-6-4-12(5-7-14)9-18-16(22)19-10-13-3-2-8-17(13,11-19)15(20)21/h4-7,13H,2-3,8-11H2,1H3,(H,18,22)(H,20,21)/t13-,17+/m0/s1. The maximum atomic E-state index is 12.3. The number of hydrogen-bond donors (Lipinski definition) is 2. The first kappa shape index (κ1) is 15.6. The number of carboxylic acid groups (broad SMARTS) is 1. The molecular weight excluding hydrogens is 296 g/mol. The number of nitrogens with zero attached hydrogens (tertiary/aromatic N) is 1. The van der Waals surface area contributed by atoms with Crippen LogP contribution in [0.1, 0.15) is 24.8 Å². The van der Waals surface area contributed by atoms with Crippen molar-refractivity contribution in [2.45, 2.75) is 25.8 Å². The van der Waals surface area contributed by atoms with E-state index in [0.717, 1.165) is 24.2 Å². The van der Waals surface area contributed by atoms with Gasteiger partial charge in [-0.15, -0.1) is 0 Å². The van der Waals surface area contributed by atoms with Crippen molar-refractivity contribution in [3.63, 3.8) is 0 Å². The van der Waals surface area contributed by atoms with Crippen LogP contribution in [-0.4, -0.2) is 42.2 Å². The minimum Gasteiger partial charge on any atom is -0.497 e. The smallest absolute Gasteiger partial charge is 0.317 e. The van der Waals surface area contributed by atoms with Gasteiger partial charge in [-0.2, -0.15) is 0 Å². The highest BCUT2D eigenvalue weighted by atomic mass is 16.5. The number of urea groups is 1. The van der Waals surface area contributed by atoms with Crippen LogP contribution in [0.2, 0.25) is 0 Å². The van der Waals surface area contributed by atoms with E-state index < -0.39 is 11.4 Å². The first-order chi connectivity index (χ1) is 11.0. The van der Waals surface area contributed by atoms with Crippen molar-refractivity contribution < 1.29 is 19.4 Å². The molecule has 2 N–H and O–H groups in total. The zero-order chi connectivity index (χ0) is 16.4. The molecule has 1 aromatic carbocycles. The Balaban J connectivity index is 1.58. The van der Waals surface area contributed by atoms with Gasteiger partial charge in [0, 0.05) is 19.6 Å². The van der Waals surface area contributed by atoms with Crippen molar-refractivity contribution >= 4 is 12.0 Å². The van der Waals surface area contributed by atoms with Crippen molar-refractivity contribution in [2.75, 3.05) is 20.2 Å². The number of hydrogen-bond acceptors (Lipinski definition) is 3. The van der Waals surface area contributed by atoms with Gasteiger partial charge in [0.1, 0.15) is 5.75 Å². The number of fused-ring (bicyclic) bond motifs is 1. The summed E-state index contributed by atoms with van der Waals surface area (Å²) >= 11 is 0. The molecule has 1 aliphatic heterocycles. The van der Waals surface area contributed by atoms with Gasteiger partial charge >= 0.3 is 12.0 Å². The van der Waals surface area contributed by atoms with E-state index in [4.69, 9.17) is 4.74 Å². The van der Waals surface area contributed by atoms with E-state index in [9.17, 15) is 14.7 Å². The van der Waals surface area contributed by atoms with Gasteiger partial charge in [-0.1, -0.05) is 18.6 Å². The Morgan fingerprint density at radius 2 is 2.13 bits per heavy atom. The molecule has 2 fully saturated rings.